The molecule has 0 fully saturated rings. The van der Waals surface area contributed by atoms with Crippen molar-refractivity contribution in [3.8, 4) is 0 Å². The summed E-state index contributed by atoms with van der Waals surface area (Å²) in [7, 11) is 0. The number of nitrogens with one attached hydrogen (secondary N) is 1. The molecule has 0 saturated heterocycles. The molecule has 1 amide bonds. The molecule has 0 atom stereocenters. The van der Waals surface area contributed by atoms with Crippen LogP contribution in [0.15, 0.2) is 60.4 Å². The van der Waals surface area contributed by atoms with Gasteiger partial charge in [-0.05, 0) is 23.8 Å². The van der Waals surface area contributed by atoms with E-state index in [-0.39, 0.29) is 30.0 Å². The third kappa shape index (κ3) is 4.11. The van der Waals surface area contributed by atoms with Gasteiger partial charge >= 0.3 is 12.1 Å². The van der Waals surface area contributed by atoms with Crippen LogP contribution in [0.5, 0.6) is 0 Å². The number of hydrogen-bond acceptors (Lipinski definition) is 4. The highest BCUT2D eigenvalue weighted by Gasteiger charge is 2.34. The van der Waals surface area contributed by atoms with Crippen molar-refractivity contribution in [3.63, 3.8) is 0 Å². The molecule has 0 spiro atoms. The Labute approximate surface area is 178 Å². The van der Waals surface area contributed by atoms with Crippen LogP contribution in [0.25, 0.3) is 10.9 Å². The quantitative estimate of drug-likeness (QED) is 0.281. The first-order valence-electron chi connectivity index (χ1n) is 9.30. The molecule has 3 aromatic rings. The van der Waals surface area contributed by atoms with Gasteiger partial charge < -0.3 is 14.6 Å². The van der Waals surface area contributed by atoms with E-state index < -0.39 is 35.2 Å². The van der Waals surface area contributed by atoms with E-state index >= 15 is 0 Å². The number of nitrogens with zero attached hydrogens (tertiary/aromatic N) is 1. The predicted molar refractivity (Wildman–Crippen MR) is 104 cm³/mol. The lowest BCUT2D eigenvalue weighted by molar-refractivity contribution is -0.138. The number of ether oxygens (including phenoxy) is 1. The molecule has 6 nitrogen and oxygen atoms in total. The number of alkyl halides is 3. The summed E-state index contributed by atoms with van der Waals surface area (Å²) < 4.78 is 59.6. The van der Waals surface area contributed by atoms with Crippen LogP contribution >= 0.6 is 0 Å². The molecule has 0 saturated carbocycles. The minimum atomic E-state index is -4.77. The monoisotopic (exact) mass is 446 g/mol. The summed E-state index contributed by atoms with van der Waals surface area (Å²) in [5, 5.41) is 2.65. The molecule has 2 aromatic carbocycles. The number of carbonyl (C=O) groups excluding carboxylic acids is 3. The number of amides is 1. The maximum Gasteiger partial charge on any atom is 0.416 e. The van der Waals surface area contributed by atoms with Gasteiger partial charge in [0.25, 0.3) is 11.7 Å². The summed E-state index contributed by atoms with van der Waals surface area (Å²) in [5.41, 5.74) is -0.814. The van der Waals surface area contributed by atoms with Gasteiger partial charge in [0.15, 0.2) is 0 Å². The maximum absolute atomic E-state index is 13.4. The highest BCUT2D eigenvalue weighted by Crippen LogP contribution is 2.34. The van der Waals surface area contributed by atoms with Crippen LogP contribution in [0.2, 0.25) is 0 Å². The van der Waals surface area contributed by atoms with Crippen LogP contribution in [0, 0.1) is 5.82 Å². The molecule has 0 aliphatic carbocycles. The Balaban J connectivity index is 1.70. The smallest absolute Gasteiger partial charge is 0.416 e. The number of halogens is 4. The molecule has 1 aliphatic rings. The second-order valence-corrected chi connectivity index (χ2v) is 7.05. The summed E-state index contributed by atoms with van der Waals surface area (Å²) in [4.78, 5) is 36.2. The van der Waals surface area contributed by atoms with Gasteiger partial charge in [0.05, 0.1) is 16.8 Å². The van der Waals surface area contributed by atoms with E-state index in [1.54, 1.807) is 24.3 Å². The van der Waals surface area contributed by atoms with Gasteiger partial charge in [-0.25, -0.2) is 9.18 Å². The Hall–Kier alpha value is -3.95. The van der Waals surface area contributed by atoms with Crippen molar-refractivity contribution < 1.29 is 36.7 Å². The molecule has 1 aromatic heterocycles. The van der Waals surface area contributed by atoms with Crippen LogP contribution in [0.1, 0.15) is 21.5 Å². The standard InChI is InChI=1S/C22H14F4N2O4/c23-13-6-5-12(17(7-13)22(24,25)26)9-28-10-16(15-3-1-2-4-18(15)28)20(30)21(31)27-14-8-19(29)32-11-14/h1-8,10H,9,11H2,(H,27,31). The molecule has 4 rings (SSSR count). The fourth-order valence-corrected chi connectivity index (χ4v) is 3.46. The van der Waals surface area contributed by atoms with E-state index in [0.717, 1.165) is 18.2 Å². The lowest BCUT2D eigenvalue weighted by atomic mass is 10.1. The number of aromatic nitrogens is 1. The van der Waals surface area contributed by atoms with Crippen molar-refractivity contribution in [2.45, 2.75) is 12.7 Å². The Kier molecular flexibility index (Phi) is 5.29. The van der Waals surface area contributed by atoms with Crippen LogP contribution in [0.3, 0.4) is 0 Å². The Bertz CT molecular complexity index is 1290. The number of rotatable bonds is 5. The molecule has 32 heavy (non-hydrogen) atoms. The highest BCUT2D eigenvalue weighted by atomic mass is 19.4. The third-order valence-corrected chi connectivity index (χ3v) is 4.89. The largest absolute Gasteiger partial charge is 0.456 e. The Morgan fingerprint density at radius 3 is 2.56 bits per heavy atom. The Morgan fingerprint density at radius 1 is 1.12 bits per heavy atom. The van der Waals surface area contributed by atoms with Crippen molar-refractivity contribution in [2.75, 3.05) is 6.61 Å². The van der Waals surface area contributed by atoms with E-state index in [9.17, 15) is 31.9 Å². The lowest BCUT2D eigenvalue weighted by Crippen LogP contribution is -2.31. The molecule has 0 unspecified atom stereocenters. The van der Waals surface area contributed by atoms with Gasteiger partial charge in [0, 0.05) is 29.7 Å². The van der Waals surface area contributed by atoms with Gasteiger partial charge in [-0.3, -0.25) is 9.59 Å². The van der Waals surface area contributed by atoms with Crippen molar-refractivity contribution in [1.82, 2.24) is 9.88 Å². The topological polar surface area (TPSA) is 77.4 Å². The normalized spacial score (nSPS) is 13.8. The van der Waals surface area contributed by atoms with Gasteiger partial charge in [0.1, 0.15) is 12.4 Å². The number of carbonyl (C=O) groups is 3. The fourth-order valence-electron chi connectivity index (χ4n) is 3.46. The van der Waals surface area contributed by atoms with Gasteiger partial charge in [0.2, 0.25) is 0 Å². The highest BCUT2D eigenvalue weighted by molar-refractivity contribution is 6.45. The third-order valence-electron chi connectivity index (χ3n) is 4.89. The molecule has 164 valence electrons. The van der Waals surface area contributed by atoms with Gasteiger partial charge in [-0.2, -0.15) is 13.2 Å². The molecule has 2 heterocycles. The lowest BCUT2D eigenvalue weighted by Gasteiger charge is -2.14. The van der Waals surface area contributed by atoms with Crippen LogP contribution in [-0.2, 0) is 27.0 Å². The van der Waals surface area contributed by atoms with Crippen LogP contribution in [0.4, 0.5) is 17.6 Å². The Morgan fingerprint density at radius 2 is 1.88 bits per heavy atom. The minimum absolute atomic E-state index is 0.0281. The summed E-state index contributed by atoms with van der Waals surface area (Å²) in [5.74, 6) is -3.62. The van der Waals surface area contributed by atoms with E-state index in [0.29, 0.717) is 17.0 Å². The summed E-state index contributed by atoms with van der Waals surface area (Å²) in [6, 6.07) is 8.77. The van der Waals surface area contributed by atoms with Crippen molar-refractivity contribution >= 4 is 28.6 Å². The minimum Gasteiger partial charge on any atom is -0.456 e. The fraction of sp³-hybridized carbons (Fsp3) is 0.136. The second-order valence-electron chi connectivity index (χ2n) is 7.05. The van der Waals surface area contributed by atoms with Crippen LogP contribution < -0.4 is 5.32 Å². The van der Waals surface area contributed by atoms with Crippen molar-refractivity contribution in [3.05, 3.63) is 82.9 Å². The zero-order valence-corrected chi connectivity index (χ0v) is 16.2. The number of esters is 1. The molecule has 0 bridgehead atoms. The summed E-state index contributed by atoms with van der Waals surface area (Å²) in [6.07, 6.45) is -2.45. The maximum atomic E-state index is 13.4. The molecule has 10 heteroatoms. The number of benzene rings is 2. The molecule has 1 N–H and O–H groups in total. The molecule has 1 aliphatic heterocycles. The zero-order chi connectivity index (χ0) is 23.0. The first-order chi connectivity index (χ1) is 15.1. The first kappa shape index (κ1) is 21.3. The summed E-state index contributed by atoms with van der Waals surface area (Å²) >= 11 is 0. The number of Topliss-reactive ketones (excluding diaryl/α,β-unsaturated/α-hetero) is 1. The van der Waals surface area contributed by atoms with Gasteiger partial charge in [-0.15, -0.1) is 0 Å². The average molecular weight is 446 g/mol. The van der Waals surface area contributed by atoms with Crippen LogP contribution in [-0.4, -0.2) is 28.8 Å². The SMILES string of the molecule is O=C1C=C(NC(=O)C(=O)c2cn(Cc3ccc(F)cc3C(F)(F)F)c3ccccc23)CO1. The van der Waals surface area contributed by atoms with Gasteiger partial charge in [-0.1, -0.05) is 24.3 Å². The number of cyclic esters (lactones) is 1. The van der Waals surface area contributed by atoms with E-state index in [1.807, 2.05) is 0 Å². The van der Waals surface area contributed by atoms with Crippen molar-refractivity contribution in [1.29, 1.82) is 0 Å². The van der Waals surface area contributed by atoms with E-state index in [2.05, 4.69) is 10.1 Å². The second kappa shape index (κ2) is 7.95. The van der Waals surface area contributed by atoms with E-state index in [4.69, 9.17) is 0 Å². The number of hydrogen-bond donors (Lipinski definition) is 1. The number of para-hydroxylation sites is 1. The number of ketones is 1. The molecule has 0 radical (unpaired) electrons. The first-order valence-corrected chi connectivity index (χ1v) is 9.30. The summed E-state index contributed by atoms with van der Waals surface area (Å²) in [6.45, 7) is -0.484. The average Bonchev–Trinajstić information content (AvgIpc) is 3.31. The predicted octanol–water partition coefficient (Wildman–Crippen LogP) is 3.59. The van der Waals surface area contributed by atoms with E-state index in [1.165, 1.54) is 10.8 Å². The number of fused-ring (bicyclic) bond motifs is 1. The zero-order valence-electron chi connectivity index (χ0n) is 16.2. The van der Waals surface area contributed by atoms with Crippen molar-refractivity contribution in [2.24, 2.45) is 0 Å². The molecular formula is C22H14F4N2O4. The molecular weight excluding hydrogens is 432 g/mol.